The largest absolute Gasteiger partial charge is 0.327 e. The summed E-state index contributed by atoms with van der Waals surface area (Å²) in [6.07, 6.45) is 3.65. The van der Waals surface area contributed by atoms with Crippen molar-refractivity contribution in [3.63, 3.8) is 0 Å². The van der Waals surface area contributed by atoms with Gasteiger partial charge in [-0.3, -0.25) is 0 Å². The van der Waals surface area contributed by atoms with Gasteiger partial charge in [0.25, 0.3) is 0 Å². The van der Waals surface area contributed by atoms with Crippen molar-refractivity contribution in [3.8, 4) is 0 Å². The highest BCUT2D eigenvalue weighted by molar-refractivity contribution is 9.10. The fourth-order valence-corrected chi connectivity index (χ4v) is 1.80. The third-order valence-corrected chi connectivity index (χ3v) is 3.01. The van der Waals surface area contributed by atoms with Gasteiger partial charge in [-0.15, -0.1) is 0 Å². The van der Waals surface area contributed by atoms with Gasteiger partial charge >= 0.3 is 0 Å². The molecule has 0 amide bonds. The van der Waals surface area contributed by atoms with E-state index in [9.17, 15) is 4.39 Å². The first-order valence-corrected chi connectivity index (χ1v) is 5.19. The van der Waals surface area contributed by atoms with Gasteiger partial charge in [0, 0.05) is 6.54 Å². The van der Waals surface area contributed by atoms with Crippen LogP contribution in [0.15, 0.2) is 16.6 Å². The second-order valence-corrected chi connectivity index (χ2v) is 3.96. The van der Waals surface area contributed by atoms with Crippen LogP contribution < -0.4 is 5.73 Å². The SMILES string of the molecule is Cc1cc(F)c(Br)c(/C=C/CN)c1C. The summed E-state index contributed by atoms with van der Waals surface area (Å²) in [5.74, 6) is -0.232. The van der Waals surface area contributed by atoms with E-state index >= 15 is 0 Å². The molecule has 1 rings (SSSR count). The van der Waals surface area contributed by atoms with E-state index in [-0.39, 0.29) is 5.82 Å². The first-order valence-electron chi connectivity index (χ1n) is 4.39. The number of aryl methyl sites for hydroxylation is 1. The number of rotatable bonds is 2. The molecule has 0 aliphatic carbocycles. The molecule has 0 aromatic heterocycles. The van der Waals surface area contributed by atoms with Crippen LogP contribution in [-0.4, -0.2) is 6.54 Å². The van der Waals surface area contributed by atoms with Gasteiger partial charge in [0.15, 0.2) is 0 Å². The van der Waals surface area contributed by atoms with Crippen molar-refractivity contribution in [1.82, 2.24) is 0 Å². The molecule has 2 N–H and O–H groups in total. The van der Waals surface area contributed by atoms with Crippen molar-refractivity contribution < 1.29 is 4.39 Å². The van der Waals surface area contributed by atoms with Crippen LogP contribution in [0.2, 0.25) is 0 Å². The summed E-state index contributed by atoms with van der Waals surface area (Å²) < 4.78 is 13.8. The third kappa shape index (κ3) is 2.22. The molecule has 1 aromatic rings. The second-order valence-electron chi connectivity index (χ2n) is 3.17. The van der Waals surface area contributed by atoms with Gasteiger partial charge < -0.3 is 5.73 Å². The zero-order chi connectivity index (χ0) is 10.7. The highest BCUT2D eigenvalue weighted by atomic mass is 79.9. The lowest BCUT2D eigenvalue weighted by molar-refractivity contribution is 0.619. The zero-order valence-electron chi connectivity index (χ0n) is 8.27. The molecule has 0 saturated carbocycles. The summed E-state index contributed by atoms with van der Waals surface area (Å²) in [6, 6.07) is 1.53. The Bertz CT molecular complexity index is 346. The van der Waals surface area contributed by atoms with Crippen molar-refractivity contribution in [2.45, 2.75) is 13.8 Å². The zero-order valence-corrected chi connectivity index (χ0v) is 9.86. The monoisotopic (exact) mass is 257 g/mol. The van der Waals surface area contributed by atoms with Gasteiger partial charge in [-0.2, -0.15) is 0 Å². The average Bonchev–Trinajstić information content (AvgIpc) is 2.15. The highest BCUT2D eigenvalue weighted by Crippen LogP contribution is 2.27. The minimum Gasteiger partial charge on any atom is -0.327 e. The Kier molecular flexibility index (Phi) is 3.84. The molecule has 0 unspecified atom stereocenters. The van der Waals surface area contributed by atoms with Crippen LogP contribution in [0.4, 0.5) is 4.39 Å². The molecule has 0 radical (unpaired) electrons. The third-order valence-electron chi connectivity index (χ3n) is 2.21. The van der Waals surface area contributed by atoms with E-state index in [1.54, 1.807) is 0 Å². The first-order chi connectivity index (χ1) is 6.57. The van der Waals surface area contributed by atoms with Crippen LogP contribution in [0.5, 0.6) is 0 Å². The molecule has 76 valence electrons. The molecule has 3 heteroatoms. The van der Waals surface area contributed by atoms with Crippen LogP contribution in [0.1, 0.15) is 16.7 Å². The van der Waals surface area contributed by atoms with E-state index in [0.29, 0.717) is 11.0 Å². The second kappa shape index (κ2) is 4.71. The predicted molar refractivity (Wildman–Crippen MR) is 61.7 cm³/mol. The fraction of sp³-hybridized carbons (Fsp3) is 0.273. The average molecular weight is 258 g/mol. The van der Waals surface area contributed by atoms with Gasteiger partial charge in [-0.1, -0.05) is 12.2 Å². The van der Waals surface area contributed by atoms with Crippen LogP contribution in [0.3, 0.4) is 0 Å². The maximum atomic E-state index is 13.3. The molecule has 14 heavy (non-hydrogen) atoms. The molecule has 0 fully saturated rings. The number of halogens is 2. The molecule has 0 saturated heterocycles. The highest BCUT2D eigenvalue weighted by Gasteiger charge is 2.08. The molecule has 0 aliphatic heterocycles. The van der Waals surface area contributed by atoms with Crippen molar-refractivity contribution in [2.75, 3.05) is 6.54 Å². The van der Waals surface area contributed by atoms with Gasteiger partial charge in [-0.25, -0.2) is 4.39 Å². The maximum Gasteiger partial charge on any atom is 0.138 e. The van der Waals surface area contributed by atoms with Crippen LogP contribution >= 0.6 is 15.9 Å². The Morgan fingerprint density at radius 1 is 1.50 bits per heavy atom. The number of hydrogen-bond donors (Lipinski definition) is 1. The standard InChI is InChI=1S/C11H13BrFN/c1-7-6-10(13)11(12)9(8(7)2)4-3-5-14/h3-4,6H,5,14H2,1-2H3/b4-3+. The van der Waals surface area contributed by atoms with E-state index < -0.39 is 0 Å². The lowest BCUT2D eigenvalue weighted by atomic mass is 10.0. The van der Waals surface area contributed by atoms with Crippen LogP contribution in [0, 0.1) is 19.7 Å². The van der Waals surface area contributed by atoms with Gasteiger partial charge in [0.05, 0.1) is 4.47 Å². The Hall–Kier alpha value is -0.670. The topological polar surface area (TPSA) is 26.0 Å². The molecule has 1 nitrogen and oxygen atoms in total. The lowest BCUT2D eigenvalue weighted by Crippen LogP contribution is -1.95. The minimum atomic E-state index is -0.232. The van der Waals surface area contributed by atoms with Crippen molar-refractivity contribution in [1.29, 1.82) is 0 Å². The fourth-order valence-electron chi connectivity index (χ4n) is 1.25. The van der Waals surface area contributed by atoms with Crippen molar-refractivity contribution in [3.05, 3.63) is 39.1 Å². The molecular weight excluding hydrogens is 245 g/mol. The Morgan fingerprint density at radius 2 is 2.14 bits per heavy atom. The first kappa shape index (κ1) is 11.4. The Balaban J connectivity index is 3.32. The summed E-state index contributed by atoms with van der Waals surface area (Å²) in [4.78, 5) is 0. The van der Waals surface area contributed by atoms with Gasteiger partial charge in [0.2, 0.25) is 0 Å². The van der Waals surface area contributed by atoms with Crippen LogP contribution in [-0.2, 0) is 0 Å². The van der Waals surface area contributed by atoms with E-state index in [0.717, 1.165) is 16.7 Å². The number of nitrogens with two attached hydrogens (primary N) is 1. The summed E-state index contributed by atoms with van der Waals surface area (Å²) in [5, 5.41) is 0. The van der Waals surface area contributed by atoms with E-state index in [2.05, 4.69) is 15.9 Å². The van der Waals surface area contributed by atoms with Gasteiger partial charge in [0.1, 0.15) is 5.82 Å². The summed E-state index contributed by atoms with van der Waals surface area (Å²) in [7, 11) is 0. The van der Waals surface area contributed by atoms with Crippen LogP contribution in [0.25, 0.3) is 6.08 Å². The van der Waals surface area contributed by atoms with Crippen molar-refractivity contribution >= 4 is 22.0 Å². The molecule has 1 aromatic carbocycles. The summed E-state index contributed by atoms with van der Waals surface area (Å²) >= 11 is 3.23. The molecule has 0 atom stereocenters. The lowest BCUT2D eigenvalue weighted by Gasteiger charge is -2.08. The molecule has 0 bridgehead atoms. The molecule has 0 heterocycles. The minimum absolute atomic E-state index is 0.232. The Morgan fingerprint density at radius 3 is 2.71 bits per heavy atom. The summed E-state index contributed by atoms with van der Waals surface area (Å²) in [6.45, 7) is 4.32. The predicted octanol–water partition coefficient (Wildman–Crippen LogP) is 3.18. The Labute approximate surface area is 91.9 Å². The quantitative estimate of drug-likeness (QED) is 0.866. The normalized spacial score (nSPS) is 11.2. The molecular formula is C11H13BrFN. The van der Waals surface area contributed by atoms with E-state index in [1.165, 1.54) is 6.07 Å². The molecule has 0 aliphatic rings. The maximum absolute atomic E-state index is 13.3. The van der Waals surface area contributed by atoms with Crippen molar-refractivity contribution in [2.24, 2.45) is 5.73 Å². The van der Waals surface area contributed by atoms with E-state index in [1.807, 2.05) is 26.0 Å². The summed E-state index contributed by atoms with van der Waals surface area (Å²) in [5.41, 5.74) is 8.24. The van der Waals surface area contributed by atoms with Gasteiger partial charge in [-0.05, 0) is 52.5 Å². The van der Waals surface area contributed by atoms with E-state index in [4.69, 9.17) is 5.73 Å². The number of hydrogen-bond acceptors (Lipinski definition) is 1. The molecule has 0 spiro atoms. The number of benzene rings is 1. The smallest absolute Gasteiger partial charge is 0.138 e.